The number of aromatic hydroxyl groups is 1. The van der Waals surface area contributed by atoms with E-state index >= 15 is 4.39 Å². The second-order valence-corrected chi connectivity index (χ2v) is 9.23. The lowest BCUT2D eigenvalue weighted by atomic mass is 9.82. The van der Waals surface area contributed by atoms with Crippen molar-refractivity contribution in [2.75, 3.05) is 11.9 Å². The number of halogens is 2. The Kier molecular flexibility index (Phi) is 4.66. The maximum atomic E-state index is 15.4. The van der Waals surface area contributed by atoms with E-state index in [-0.39, 0.29) is 18.0 Å². The third-order valence-corrected chi connectivity index (χ3v) is 6.88. The minimum Gasteiger partial charge on any atom is -0.507 e. The number of nitrogens with one attached hydrogen (secondary N) is 1. The number of aromatic nitrogens is 5. The van der Waals surface area contributed by atoms with Crippen LogP contribution in [0, 0.1) is 0 Å². The van der Waals surface area contributed by atoms with Crippen LogP contribution in [0.25, 0.3) is 17.1 Å². The number of alkyl halides is 2. The summed E-state index contributed by atoms with van der Waals surface area (Å²) in [6.45, 7) is 3.54. The van der Waals surface area contributed by atoms with E-state index < -0.39 is 29.5 Å². The second kappa shape index (κ2) is 7.19. The molecule has 0 amide bonds. The molecule has 2 bridgehead atoms. The number of rotatable bonds is 4. The molecule has 5 rings (SSSR count). The molecule has 168 valence electrons. The molecule has 2 aliphatic rings. The van der Waals surface area contributed by atoms with Gasteiger partial charge in [-0.05, 0) is 32.4 Å². The van der Waals surface area contributed by atoms with Crippen molar-refractivity contribution in [3.63, 3.8) is 0 Å². The van der Waals surface area contributed by atoms with Gasteiger partial charge in [0.1, 0.15) is 18.1 Å². The highest BCUT2D eigenvalue weighted by atomic mass is 19.1. The predicted molar refractivity (Wildman–Crippen MR) is 115 cm³/mol. The molecule has 10 heteroatoms. The van der Waals surface area contributed by atoms with Gasteiger partial charge in [0.05, 0.1) is 35.4 Å². The standard InChI is InChI=1S/C22H25F2N7O/c1-21-9-15(19(24)22(2,29-21)10-17(21)23)30(3)18-11-26-20(28-27-18)14-5-4-13(8-16(14)32)31-7-6-25-12-31/h4-8,11-12,15,17,19,29,32H,9-10H2,1-3H3/t15-,17+,19+,21+,22+/m1/s1. The molecule has 32 heavy (non-hydrogen) atoms. The molecule has 0 saturated carbocycles. The van der Waals surface area contributed by atoms with Gasteiger partial charge < -0.3 is 19.9 Å². The summed E-state index contributed by atoms with van der Waals surface area (Å²) in [6.07, 6.45) is 4.62. The molecule has 2 aliphatic heterocycles. The van der Waals surface area contributed by atoms with E-state index in [4.69, 9.17) is 0 Å². The summed E-state index contributed by atoms with van der Waals surface area (Å²) in [4.78, 5) is 10.0. The lowest BCUT2D eigenvalue weighted by Crippen LogP contribution is -2.66. The molecule has 2 aromatic heterocycles. The van der Waals surface area contributed by atoms with Crippen LogP contribution in [0.3, 0.4) is 0 Å². The third kappa shape index (κ3) is 3.21. The van der Waals surface area contributed by atoms with Crippen molar-refractivity contribution in [1.29, 1.82) is 0 Å². The Hall–Kier alpha value is -3.14. The van der Waals surface area contributed by atoms with Crippen LogP contribution in [-0.2, 0) is 0 Å². The molecule has 1 aromatic carbocycles. The Morgan fingerprint density at radius 2 is 2.00 bits per heavy atom. The van der Waals surface area contributed by atoms with E-state index in [1.165, 1.54) is 6.20 Å². The normalized spacial score (nSPS) is 31.6. The van der Waals surface area contributed by atoms with Gasteiger partial charge in [-0.1, -0.05) is 0 Å². The average molecular weight is 441 g/mol. The zero-order valence-corrected chi connectivity index (χ0v) is 18.1. The Morgan fingerprint density at radius 3 is 2.66 bits per heavy atom. The number of phenols is 1. The Bertz CT molecular complexity index is 1130. The first-order valence-electron chi connectivity index (χ1n) is 10.5. The fraction of sp³-hybridized carbons (Fsp3) is 0.455. The summed E-state index contributed by atoms with van der Waals surface area (Å²) in [5.41, 5.74) is -0.524. The molecule has 2 fully saturated rings. The van der Waals surface area contributed by atoms with Crippen LogP contribution in [-0.4, -0.2) is 66.3 Å². The molecule has 3 aromatic rings. The van der Waals surface area contributed by atoms with Crippen LogP contribution in [0.15, 0.2) is 43.1 Å². The summed E-state index contributed by atoms with van der Waals surface area (Å²) in [5.74, 6) is 0.647. The first-order chi connectivity index (χ1) is 15.2. The molecule has 8 nitrogen and oxygen atoms in total. The van der Waals surface area contributed by atoms with Crippen molar-refractivity contribution in [3.8, 4) is 22.8 Å². The average Bonchev–Trinajstić information content (AvgIpc) is 3.37. The SMILES string of the molecule is CN(c1cnc(-c2ccc(-n3ccnc3)cc2O)nn1)[C@@H]1C[C@]2(C)N[C@@](C)(C[C@@H]2F)[C@H]1F. The van der Waals surface area contributed by atoms with Crippen molar-refractivity contribution >= 4 is 5.82 Å². The van der Waals surface area contributed by atoms with Crippen molar-refractivity contribution in [3.05, 3.63) is 43.1 Å². The maximum Gasteiger partial charge on any atom is 0.185 e. The van der Waals surface area contributed by atoms with Gasteiger partial charge >= 0.3 is 0 Å². The molecule has 0 unspecified atom stereocenters. The van der Waals surface area contributed by atoms with Crippen LogP contribution in [0.2, 0.25) is 0 Å². The maximum absolute atomic E-state index is 15.4. The third-order valence-electron chi connectivity index (χ3n) is 6.88. The number of benzene rings is 1. The minimum absolute atomic E-state index is 0.00712. The van der Waals surface area contributed by atoms with Crippen LogP contribution in [0.5, 0.6) is 5.75 Å². The van der Waals surface area contributed by atoms with Gasteiger partial charge in [0.15, 0.2) is 11.6 Å². The molecular formula is C22H25F2N7O. The second-order valence-electron chi connectivity index (χ2n) is 9.23. The van der Waals surface area contributed by atoms with Crippen LogP contribution in [0.4, 0.5) is 14.6 Å². The highest BCUT2D eigenvalue weighted by Gasteiger charge is 2.61. The molecule has 0 radical (unpaired) electrons. The number of nitrogens with zero attached hydrogens (tertiary/aromatic N) is 6. The Labute approximate surface area is 184 Å². The molecule has 2 saturated heterocycles. The van der Waals surface area contributed by atoms with Crippen LogP contribution in [0.1, 0.15) is 26.7 Å². The smallest absolute Gasteiger partial charge is 0.185 e. The van der Waals surface area contributed by atoms with Gasteiger partial charge in [-0.25, -0.2) is 18.7 Å². The van der Waals surface area contributed by atoms with Crippen molar-refractivity contribution in [2.24, 2.45) is 0 Å². The number of imidazole rings is 1. The van der Waals surface area contributed by atoms with Gasteiger partial charge in [-0.15, -0.1) is 10.2 Å². The number of anilines is 1. The molecule has 0 aliphatic carbocycles. The molecule has 0 spiro atoms. The first-order valence-corrected chi connectivity index (χ1v) is 10.5. The largest absolute Gasteiger partial charge is 0.507 e. The van der Waals surface area contributed by atoms with Gasteiger partial charge in [-0.2, -0.15) is 0 Å². The van der Waals surface area contributed by atoms with Crippen molar-refractivity contribution in [1.82, 2.24) is 30.0 Å². The van der Waals surface area contributed by atoms with E-state index in [1.54, 1.807) is 61.2 Å². The Balaban J connectivity index is 1.38. The molecular weight excluding hydrogens is 416 g/mol. The highest BCUT2D eigenvalue weighted by molar-refractivity contribution is 5.66. The monoisotopic (exact) mass is 441 g/mol. The lowest BCUT2D eigenvalue weighted by molar-refractivity contribution is 0.0796. The highest BCUT2D eigenvalue weighted by Crippen LogP contribution is 2.46. The molecule has 4 heterocycles. The summed E-state index contributed by atoms with van der Waals surface area (Å²) in [7, 11) is 1.73. The first kappa shape index (κ1) is 20.7. The zero-order valence-electron chi connectivity index (χ0n) is 18.1. The summed E-state index contributed by atoms with van der Waals surface area (Å²) in [5, 5.41) is 22.0. The fourth-order valence-corrected chi connectivity index (χ4v) is 5.04. The van der Waals surface area contributed by atoms with E-state index in [9.17, 15) is 9.50 Å². The van der Waals surface area contributed by atoms with Gasteiger partial charge in [0.2, 0.25) is 0 Å². The van der Waals surface area contributed by atoms with E-state index in [1.807, 2.05) is 6.07 Å². The predicted octanol–water partition coefficient (Wildman–Crippen LogP) is 2.83. The minimum atomic E-state index is -1.28. The fourth-order valence-electron chi connectivity index (χ4n) is 5.04. The summed E-state index contributed by atoms with van der Waals surface area (Å²) in [6, 6.07) is 4.55. The van der Waals surface area contributed by atoms with E-state index in [0.29, 0.717) is 17.8 Å². The number of hydrogen-bond acceptors (Lipinski definition) is 7. The van der Waals surface area contributed by atoms with E-state index in [2.05, 4.69) is 25.5 Å². The number of piperidine rings is 1. The van der Waals surface area contributed by atoms with Crippen molar-refractivity contribution < 1.29 is 13.9 Å². The lowest BCUT2D eigenvalue weighted by Gasteiger charge is -2.47. The van der Waals surface area contributed by atoms with E-state index in [0.717, 1.165) is 5.69 Å². The van der Waals surface area contributed by atoms with Crippen LogP contribution < -0.4 is 10.2 Å². The number of fused-ring (bicyclic) bond motifs is 2. The van der Waals surface area contributed by atoms with Crippen molar-refractivity contribution in [2.45, 2.75) is 56.2 Å². The quantitative estimate of drug-likeness (QED) is 0.643. The Morgan fingerprint density at radius 1 is 1.19 bits per heavy atom. The summed E-state index contributed by atoms with van der Waals surface area (Å²) >= 11 is 0. The van der Waals surface area contributed by atoms with Gasteiger partial charge in [-0.3, -0.25) is 0 Å². The number of phenolic OH excluding ortho intramolecular Hbond substituents is 1. The summed E-state index contributed by atoms with van der Waals surface area (Å²) < 4.78 is 31.7. The molecule has 5 atom stereocenters. The number of hydrogen-bond donors (Lipinski definition) is 2. The topological polar surface area (TPSA) is 92.0 Å². The van der Waals surface area contributed by atoms with Gasteiger partial charge in [0.25, 0.3) is 0 Å². The zero-order chi connectivity index (χ0) is 22.7. The molecule has 2 N–H and O–H groups in total. The van der Waals surface area contributed by atoms with Crippen LogP contribution >= 0.6 is 0 Å². The van der Waals surface area contributed by atoms with Gasteiger partial charge in [0, 0.05) is 37.5 Å².